The maximum absolute atomic E-state index is 4.33. The number of fused-ring (bicyclic) bond motifs is 1. The largest absolute Gasteiger partial charge is 0.384 e. The molecule has 5 heteroatoms. The first kappa shape index (κ1) is 12.2. The lowest BCUT2D eigenvalue weighted by molar-refractivity contribution is 0.767. The van der Waals surface area contributed by atoms with Crippen molar-refractivity contribution >= 4 is 5.69 Å². The Labute approximate surface area is 123 Å². The van der Waals surface area contributed by atoms with Crippen LogP contribution in [0.4, 0.5) is 5.69 Å². The molecule has 1 aromatic carbocycles. The lowest BCUT2D eigenvalue weighted by atomic mass is 9.98. The zero-order valence-corrected chi connectivity index (χ0v) is 12.0. The van der Waals surface area contributed by atoms with Crippen molar-refractivity contribution < 1.29 is 0 Å². The minimum atomic E-state index is 1.03. The van der Waals surface area contributed by atoms with E-state index >= 15 is 0 Å². The predicted molar refractivity (Wildman–Crippen MR) is 82.6 cm³/mol. The van der Waals surface area contributed by atoms with E-state index in [1.165, 1.54) is 23.2 Å². The molecule has 0 fully saturated rings. The van der Waals surface area contributed by atoms with E-state index in [1.807, 2.05) is 32.0 Å². The number of hydrogen-bond donors (Lipinski definition) is 1. The van der Waals surface area contributed by atoms with Gasteiger partial charge in [0.2, 0.25) is 0 Å². The number of rotatable bonds is 2. The van der Waals surface area contributed by atoms with Gasteiger partial charge in [-0.2, -0.15) is 5.10 Å². The number of nitrogens with one attached hydrogen (secondary N) is 1. The van der Waals surface area contributed by atoms with Crippen LogP contribution in [0.5, 0.6) is 0 Å². The van der Waals surface area contributed by atoms with Gasteiger partial charge >= 0.3 is 0 Å². The van der Waals surface area contributed by atoms with Gasteiger partial charge in [-0.05, 0) is 18.4 Å². The fourth-order valence-electron chi connectivity index (χ4n) is 2.96. The molecule has 0 amide bonds. The third kappa shape index (κ3) is 2.01. The highest BCUT2D eigenvalue weighted by atomic mass is 15.3. The van der Waals surface area contributed by atoms with Crippen LogP contribution in [-0.4, -0.2) is 25.9 Å². The summed E-state index contributed by atoms with van der Waals surface area (Å²) >= 11 is 0. The van der Waals surface area contributed by atoms with Crippen molar-refractivity contribution in [1.29, 1.82) is 0 Å². The maximum Gasteiger partial charge on any atom is 0.0998 e. The van der Waals surface area contributed by atoms with Crippen molar-refractivity contribution in [2.45, 2.75) is 12.8 Å². The molecular formula is C16H17N5. The highest BCUT2D eigenvalue weighted by Gasteiger charge is 2.16. The summed E-state index contributed by atoms with van der Waals surface area (Å²) in [5.41, 5.74) is 5.95. The Bertz CT molecular complexity index is 784. The SMILES string of the molecule is Cn1cc(-n2cncc2-c2cccc3c2NCCC3)cn1. The normalized spacial score (nSPS) is 13.8. The predicted octanol–water partition coefficient (Wildman–Crippen LogP) is 2.63. The zero-order chi connectivity index (χ0) is 14.2. The van der Waals surface area contributed by atoms with Crippen LogP contribution in [0.25, 0.3) is 16.9 Å². The van der Waals surface area contributed by atoms with Gasteiger partial charge in [-0.3, -0.25) is 9.25 Å². The number of aromatic nitrogens is 4. The van der Waals surface area contributed by atoms with Gasteiger partial charge in [0.25, 0.3) is 0 Å². The summed E-state index contributed by atoms with van der Waals surface area (Å²) in [5, 5.41) is 7.79. The first-order chi connectivity index (χ1) is 10.3. The molecule has 21 heavy (non-hydrogen) atoms. The molecule has 0 aliphatic carbocycles. The van der Waals surface area contributed by atoms with Gasteiger partial charge in [-0.25, -0.2) is 4.98 Å². The molecule has 4 rings (SSSR count). The minimum absolute atomic E-state index is 1.03. The van der Waals surface area contributed by atoms with Crippen molar-refractivity contribution in [3.63, 3.8) is 0 Å². The minimum Gasteiger partial charge on any atom is -0.384 e. The molecule has 2 aromatic heterocycles. The number of imidazole rings is 1. The Morgan fingerprint density at radius 2 is 2.19 bits per heavy atom. The Kier molecular flexibility index (Phi) is 2.77. The summed E-state index contributed by atoms with van der Waals surface area (Å²) < 4.78 is 3.89. The molecule has 3 aromatic rings. The van der Waals surface area contributed by atoms with Crippen LogP contribution in [0, 0.1) is 0 Å². The van der Waals surface area contributed by atoms with E-state index in [0.717, 1.165) is 24.3 Å². The number of nitrogens with zero attached hydrogens (tertiary/aromatic N) is 4. The lowest BCUT2D eigenvalue weighted by Gasteiger charge is -2.21. The van der Waals surface area contributed by atoms with Crippen LogP contribution in [0.3, 0.4) is 0 Å². The summed E-state index contributed by atoms with van der Waals surface area (Å²) in [7, 11) is 1.92. The fraction of sp³-hybridized carbons (Fsp3) is 0.250. The number of para-hydroxylation sites is 1. The van der Waals surface area contributed by atoms with Crippen LogP contribution in [0.1, 0.15) is 12.0 Å². The van der Waals surface area contributed by atoms with E-state index in [4.69, 9.17) is 0 Å². The Hall–Kier alpha value is -2.56. The lowest BCUT2D eigenvalue weighted by Crippen LogP contribution is -2.13. The van der Waals surface area contributed by atoms with E-state index in [0.29, 0.717) is 0 Å². The van der Waals surface area contributed by atoms with Gasteiger partial charge in [-0.15, -0.1) is 0 Å². The molecule has 1 aliphatic rings. The second-order valence-electron chi connectivity index (χ2n) is 5.39. The summed E-state index contributed by atoms with van der Waals surface area (Å²) in [4.78, 5) is 4.33. The van der Waals surface area contributed by atoms with E-state index in [9.17, 15) is 0 Å². The van der Waals surface area contributed by atoms with Gasteiger partial charge in [0.1, 0.15) is 0 Å². The quantitative estimate of drug-likeness (QED) is 0.784. The van der Waals surface area contributed by atoms with Crippen LogP contribution in [0.2, 0.25) is 0 Å². The molecule has 106 valence electrons. The molecule has 3 heterocycles. The standard InChI is InChI=1S/C16H17N5/c1-20-10-13(8-19-20)21-11-17-9-15(21)14-6-2-4-12-5-3-7-18-16(12)14/h2,4,6,8-11,18H,3,5,7H2,1H3. The van der Waals surface area contributed by atoms with E-state index in [-0.39, 0.29) is 0 Å². The number of anilines is 1. The van der Waals surface area contributed by atoms with Crippen LogP contribution in [-0.2, 0) is 13.5 Å². The first-order valence-corrected chi connectivity index (χ1v) is 7.20. The van der Waals surface area contributed by atoms with Crippen molar-refractivity contribution in [1.82, 2.24) is 19.3 Å². The topological polar surface area (TPSA) is 47.7 Å². The Morgan fingerprint density at radius 1 is 1.24 bits per heavy atom. The summed E-state index contributed by atoms with van der Waals surface area (Å²) in [5.74, 6) is 0. The number of benzene rings is 1. The third-order valence-electron chi connectivity index (χ3n) is 3.96. The molecule has 0 unspecified atom stereocenters. The monoisotopic (exact) mass is 279 g/mol. The number of aryl methyl sites for hydroxylation is 2. The van der Waals surface area contributed by atoms with E-state index in [1.54, 1.807) is 4.68 Å². The van der Waals surface area contributed by atoms with Gasteiger partial charge in [0.05, 0.1) is 30.1 Å². The van der Waals surface area contributed by atoms with Crippen LogP contribution < -0.4 is 5.32 Å². The molecule has 0 radical (unpaired) electrons. The summed E-state index contributed by atoms with van der Waals surface area (Å²) in [6.07, 6.45) is 9.94. The molecule has 0 saturated carbocycles. The van der Waals surface area contributed by atoms with Gasteiger partial charge in [-0.1, -0.05) is 18.2 Å². The molecule has 0 spiro atoms. The smallest absolute Gasteiger partial charge is 0.0998 e. The van der Waals surface area contributed by atoms with Crippen LogP contribution >= 0.6 is 0 Å². The summed E-state index contributed by atoms with van der Waals surface area (Å²) in [6, 6.07) is 6.48. The van der Waals surface area contributed by atoms with Gasteiger partial charge in [0, 0.05) is 31.0 Å². The molecule has 0 atom stereocenters. The second kappa shape index (κ2) is 4.77. The number of hydrogen-bond acceptors (Lipinski definition) is 3. The van der Waals surface area contributed by atoms with Crippen molar-refractivity contribution in [3.05, 3.63) is 48.7 Å². The molecule has 1 N–H and O–H groups in total. The highest BCUT2D eigenvalue weighted by Crippen LogP contribution is 2.34. The van der Waals surface area contributed by atoms with Gasteiger partial charge < -0.3 is 5.32 Å². The Balaban J connectivity index is 1.87. The van der Waals surface area contributed by atoms with Crippen molar-refractivity contribution in [3.8, 4) is 16.9 Å². The summed E-state index contributed by atoms with van der Waals surface area (Å²) in [6.45, 7) is 1.03. The maximum atomic E-state index is 4.33. The van der Waals surface area contributed by atoms with Crippen LogP contribution in [0.15, 0.2) is 43.1 Å². The average molecular weight is 279 g/mol. The highest BCUT2D eigenvalue weighted by molar-refractivity contribution is 5.79. The third-order valence-corrected chi connectivity index (χ3v) is 3.96. The molecule has 1 aliphatic heterocycles. The van der Waals surface area contributed by atoms with E-state index < -0.39 is 0 Å². The van der Waals surface area contributed by atoms with Crippen molar-refractivity contribution in [2.24, 2.45) is 7.05 Å². The van der Waals surface area contributed by atoms with Gasteiger partial charge in [0.15, 0.2) is 0 Å². The molecule has 0 bridgehead atoms. The van der Waals surface area contributed by atoms with E-state index in [2.05, 4.69) is 38.2 Å². The molecule has 0 saturated heterocycles. The first-order valence-electron chi connectivity index (χ1n) is 7.20. The van der Waals surface area contributed by atoms with Crippen molar-refractivity contribution in [2.75, 3.05) is 11.9 Å². The molecule has 5 nitrogen and oxygen atoms in total. The average Bonchev–Trinajstić information content (AvgIpc) is 3.15. The zero-order valence-electron chi connectivity index (χ0n) is 12.0. The fourth-order valence-corrected chi connectivity index (χ4v) is 2.96. The molecular weight excluding hydrogens is 262 g/mol. The Morgan fingerprint density at radius 3 is 3.05 bits per heavy atom. The second-order valence-corrected chi connectivity index (χ2v) is 5.39.